The normalized spacial score (nSPS) is 24.3. The van der Waals surface area contributed by atoms with E-state index in [1.165, 1.54) is 28.2 Å². The van der Waals surface area contributed by atoms with Gasteiger partial charge in [-0.25, -0.2) is 28.5 Å². The molecule has 266 valence electrons. The molecule has 3 heterocycles. The van der Waals surface area contributed by atoms with Gasteiger partial charge in [0.05, 0.1) is 43.3 Å². The van der Waals surface area contributed by atoms with E-state index < -0.39 is 34.2 Å². The first-order valence-corrected chi connectivity index (χ1v) is 16.9. The predicted octanol–water partition coefficient (Wildman–Crippen LogP) is 3.50. The smallest absolute Gasteiger partial charge is 0.347 e. The molecule has 1 fully saturated rings. The number of benzene rings is 2. The number of phenolic OH excluding ortho intramolecular Hbond substituents is 1. The summed E-state index contributed by atoms with van der Waals surface area (Å²) in [6.45, 7) is 8.58. The van der Waals surface area contributed by atoms with E-state index in [2.05, 4.69) is 4.98 Å². The first-order chi connectivity index (χ1) is 24.1. The van der Waals surface area contributed by atoms with Crippen LogP contribution in [0.5, 0.6) is 17.2 Å². The summed E-state index contributed by atoms with van der Waals surface area (Å²) in [6, 6.07) is 7.90. The molecule has 1 saturated carbocycles. The molecule has 13 heteroatoms. The highest BCUT2D eigenvalue weighted by Crippen LogP contribution is 2.66. The van der Waals surface area contributed by atoms with Gasteiger partial charge in [0.15, 0.2) is 23.1 Å². The Morgan fingerprint density at radius 1 is 0.941 bits per heavy atom. The molecule has 0 spiro atoms. The number of aromatic hydroxyl groups is 1. The Bertz CT molecular complexity index is 2460. The van der Waals surface area contributed by atoms with Gasteiger partial charge in [0.1, 0.15) is 11.4 Å². The maximum absolute atomic E-state index is 14.4. The summed E-state index contributed by atoms with van der Waals surface area (Å²) in [5.41, 5.74) is -0.381. The molecule has 2 aromatic carbocycles. The van der Waals surface area contributed by atoms with E-state index in [-0.39, 0.29) is 54.5 Å². The number of allylic oxidation sites excluding steroid dienone is 4. The molecule has 2 aliphatic carbocycles. The number of Topliss-reactive ketones (excluding diaryl/α,β-unsaturated/α-hetero) is 2. The lowest BCUT2D eigenvalue weighted by Crippen LogP contribution is -2.61. The second-order valence-electron chi connectivity index (χ2n) is 14.3. The minimum Gasteiger partial charge on any atom is -0.507 e. The second kappa shape index (κ2) is 11.5. The maximum atomic E-state index is 14.4. The van der Waals surface area contributed by atoms with Crippen molar-refractivity contribution in [2.24, 2.45) is 17.9 Å². The van der Waals surface area contributed by atoms with Crippen LogP contribution in [0.3, 0.4) is 0 Å². The third-order valence-electron chi connectivity index (χ3n) is 12.0. The first-order valence-electron chi connectivity index (χ1n) is 16.9. The monoisotopic (exact) mass is 695 g/mol. The van der Waals surface area contributed by atoms with E-state index in [1.54, 1.807) is 72.0 Å². The van der Waals surface area contributed by atoms with Crippen LogP contribution in [-0.4, -0.2) is 54.4 Å². The van der Waals surface area contributed by atoms with Crippen molar-refractivity contribution >= 4 is 22.6 Å². The summed E-state index contributed by atoms with van der Waals surface area (Å²) >= 11 is 0. The second-order valence-corrected chi connectivity index (χ2v) is 14.3. The summed E-state index contributed by atoms with van der Waals surface area (Å²) in [5.74, 6) is -0.240. The molecular formula is C38H41N5O8. The summed E-state index contributed by atoms with van der Waals surface area (Å²) in [7, 11) is 4.62. The van der Waals surface area contributed by atoms with Gasteiger partial charge < -0.3 is 19.1 Å². The number of ketones is 2. The number of ether oxygens (including phenoxy) is 2. The quantitative estimate of drug-likeness (QED) is 0.298. The highest BCUT2D eigenvalue weighted by Gasteiger charge is 2.67. The van der Waals surface area contributed by atoms with Crippen LogP contribution in [0.1, 0.15) is 62.9 Å². The molecule has 1 N–H and O–H groups in total. The number of methoxy groups -OCH3 is 2. The van der Waals surface area contributed by atoms with Crippen LogP contribution < -0.4 is 26.4 Å². The van der Waals surface area contributed by atoms with E-state index in [0.29, 0.717) is 50.4 Å². The number of rotatable bonds is 6. The van der Waals surface area contributed by atoms with Gasteiger partial charge in [0.25, 0.3) is 5.56 Å². The van der Waals surface area contributed by atoms with E-state index in [1.807, 2.05) is 6.08 Å². The summed E-state index contributed by atoms with van der Waals surface area (Å²) in [6.07, 6.45) is 1.94. The molecule has 1 aliphatic heterocycles. The number of carbonyl (C=O) groups excluding carboxylic acids is 2. The topological polar surface area (TPSA) is 157 Å². The number of para-hydroxylation sites is 1. The van der Waals surface area contributed by atoms with Crippen molar-refractivity contribution in [3.05, 3.63) is 101 Å². The van der Waals surface area contributed by atoms with Gasteiger partial charge in [-0.1, -0.05) is 38.1 Å². The molecule has 2 aromatic heterocycles. The minimum atomic E-state index is -1.29. The summed E-state index contributed by atoms with van der Waals surface area (Å²) in [4.78, 5) is 74.9. The molecule has 0 amide bonds. The number of nitrogens with zero attached hydrogens (tertiary/aromatic N) is 5. The number of phenols is 1. The van der Waals surface area contributed by atoms with Crippen LogP contribution in [0.25, 0.3) is 11.0 Å². The zero-order chi connectivity index (χ0) is 36.9. The number of hydrogen-bond acceptors (Lipinski definition) is 9. The van der Waals surface area contributed by atoms with Crippen molar-refractivity contribution in [3.63, 3.8) is 0 Å². The van der Waals surface area contributed by atoms with Gasteiger partial charge in [-0.15, -0.1) is 0 Å². The largest absolute Gasteiger partial charge is 0.507 e. The van der Waals surface area contributed by atoms with E-state index in [4.69, 9.17) is 9.47 Å². The van der Waals surface area contributed by atoms with E-state index >= 15 is 0 Å². The lowest BCUT2D eigenvalue weighted by atomic mass is 9.43. The molecule has 4 aromatic rings. The Hall–Kier alpha value is -5.46. The average molecular weight is 696 g/mol. The van der Waals surface area contributed by atoms with Gasteiger partial charge in [-0.05, 0) is 49.5 Å². The summed E-state index contributed by atoms with van der Waals surface area (Å²) < 4.78 is 16.1. The van der Waals surface area contributed by atoms with Crippen molar-refractivity contribution in [1.29, 1.82) is 0 Å². The molecule has 13 nitrogen and oxygen atoms in total. The van der Waals surface area contributed by atoms with Crippen LogP contribution in [0, 0.1) is 17.8 Å². The van der Waals surface area contributed by atoms with Crippen molar-refractivity contribution in [3.8, 4) is 17.2 Å². The molecule has 51 heavy (non-hydrogen) atoms. The fourth-order valence-corrected chi connectivity index (χ4v) is 8.79. The van der Waals surface area contributed by atoms with Crippen LogP contribution in [-0.2, 0) is 36.1 Å². The van der Waals surface area contributed by atoms with E-state index in [9.17, 15) is 29.1 Å². The van der Waals surface area contributed by atoms with Crippen LogP contribution >= 0.6 is 0 Å². The molecule has 3 aliphatic rings. The zero-order valence-electron chi connectivity index (χ0n) is 30.0. The third-order valence-corrected chi connectivity index (χ3v) is 12.0. The van der Waals surface area contributed by atoms with Crippen molar-refractivity contribution in [2.75, 3.05) is 14.2 Å². The molecule has 0 saturated heterocycles. The highest BCUT2D eigenvalue weighted by atomic mass is 16.5. The van der Waals surface area contributed by atoms with Crippen molar-refractivity contribution in [1.82, 2.24) is 23.5 Å². The molecule has 0 bridgehead atoms. The van der Waals surface area contributed by atoms with Crippen molar-refractivity contribution in [2.45, 2.75) is 72.5 Å². The number of aryl methyl sites for hydroxylation is 3. The Morgan fingerprint density at radius 3 is 2.29 bits per heavy atom. The van der Waals surface area contributed by atoms with Gasteiger partial charge in [-0.3, -0.25) is 14.4 Å². The van der Waals surface area contributed by atoms with Gasteiger partial charge in [0, 0.05) is 49.0 Å². The Morgan fingerprint density at radius 2 is 1.61 bits per heavy atom. The fourth-order valence-electron chi connectivity index (χ4n) is 8.79. The van der Waals surface area contributed by atoms with Crippen molar-refractivity contribution < 1.29 is 24.2 Å². The Kier molecular flexibility index (Phi) is 7.70. The number of carbonyl (C=O) groups is 2. The molecule has 0 radical (unpaired) electrons. The minimum absolute atomic E-state index is 0.00704. The number of hydrogen-bond donors (Lipinski definition) is 1. The highest BCUT2D eigenvalue weighted by molar-refractivity contribution is 6.17. The fraction of sp³-hybridized carbons (Fsp3) is 0.421. The molecular weight excluding hydrogens is 654 g/mol. The number of aromatic nitrogens is 5. The lowest BCUT2D eigenvalue weighted by Gasteiger charge is -2.58. The SMILES string of the molecule is COc1cc2nc(CCn3c(=O)n4n(c3=O)[C@@H]3C[C@@]5(C)C(=O)C(C)=C(C)C(=O)[C@@]5(C)[C@@H](c5cccc(C)c5O)C3=CC4)c(=O)n(C)c2cc1OC. The van der Waals surface area contributed by atoms with Crippen LogP contribution in [0.4, 0.5) is 0 Å². The lowest BCUT2D eigenvalue weighted by molar-refractivity contribution is -0.151. The Labute approximate surface area is 293 Å². The molecule has 7 rings (SSSR count). The van der Waals surface area contributed by atoms with Crippen LogP contribution in [0.15, 0.2) is 67.5 Å². The van der Waals surface area contributed by atoms with Gasteiger partial charge in [0.2, 0.25) is 0 Å². The first kappa shape index (κ1) is 34.0. The zero-order valence-corrected chi connectivity index (χ0v) is 30.0. The molecule has 4 atom stereocenters. The summed E-state index contributed by atoms with van der Waals surface area (Å²) in [5, 5.41) is 11.4. The average Bonchev–Trinajstić information content (AvgIpc) is 3.36. The van der Waals surface area contributed by atoms with Gasteiger partial charge in [-0.2, -0.15) is 0 Å². The van der Waals surface area contributed by atoms with E-state index in [0.717, 1.165) is 4.57 Å². The predicted molar refractivity (Wildman–Crippen MR) is 189 cm³/mol. The standard InChI is InChI=1S/C38H41N5O8/c1-19-10-9-11-23(31(19)44)30-22-12-15-42-35(48)41(14-13-24-34(47)40(6)26-17-29(51-8)28(50-7)16-25(26)39-24)36(49)43(42)27(22)18-37(4)32(45)20(2)21(3)33(46)38(30,37)5/h9-12,16-17,27,30,44H,13-15,18H2,1-8H3/t27-,30-,37+,38-/m1/s1. The third kappa shape index (κ3) is 4.45. The van der Waals surface area contributed by atoms with Gasteiger partial charge >= 0.3 is 11.4 Å². The molecule has 0 unspecified atom stereocenters. The van der Waals surface area contributed by atoms with Crippen LogP contribution in [0.2, 0.25) is 0 Å². The maximum Gasteiger partial charge on any atom is 0.347 e. The number of fused-ring (bicyclic) bond motifs is 5. The Balaban J connectivity index is 1.34.